The number of H-pyrrole nitrogens is 1. The van der Waals surface area contributed by atoms with Gasteiger partial charge in [-0.25, -0.2) is 17.8 Å². The van der Waals surface area contributed by atoms with Crippen molar-refractivity contribution >= 4 is 32.5 Å². The molecule has 1 aromatic carbocycles. The van der Waals surface area contributed by atoms with Crippen LogP contribution in [0.3, 0.4) is 0 Å². The van der Waals surface area contributed by atoms with E-state index in [0.29, 0.717) is 49.1 Å². The van der Waals surface area contributed by atoms with E-state index in [1.165, 1.54) is 12.1 Å². The van der Waals surface area contributed by atoms with Gasteiger partial charge in [-0.05, 0) is 73.6 Å². The minimum Gasteiger partial charge on any atom is -0.496 e. The fourth-order valence-electron chi connectivity index (χ4n) is 4.33. The summed E-state index contributed by atoms with van der Waals surface area (Å²) in [6, 6.07) is 8.21. The molecule has 172 valence electrons. The predicted molar refractivity (Wildman–Crippen MR) is 123 cm³/mol. The van der Waals surface area contributed by atoms with Gasteiger partial charge in [-0.1, -0.05) is 6.08 Å². The molecular formula is C24H24FN3O4S. The number of sulfonamides is 1. The van der Waals surface area contributed by atoms with Crippen LogP contribution >= 0.6 is 0 Å². The first-order chi connectivity index (χ1) is 15.9. The van der Waals surface area contributed by atoms with Gasteiger partial charge in [0.15, 0.2) is 0 Å². The zero-order chi connectivity index (χ0) is 23.2. The summed E-state index contributed by atoms with van der Waals surface area (Å²) in [5.74, 6) is -0.569. The average molecular weight is 470 g/mol. The number of ether oxygens (including phenoxy) is 1. The maximum Gasteiger partial charge on any atom is 0.237 e. The molecule has 2 heterocycles. The Labute approximate surface area is 191 Å². The van der Waals surface area contributed by atoms with Crippen molar-refractivity contribution in [2.45, 2.75) is 37.4 Å². The average Bonchev–Trinajstić information content (AvgIpc) is 3.58. The van der Waals surface area contributed by atoms with Gasteiger partial charge in [-0.3, -0.25) is 9.52 Å². The number of nitrogens with one attached hydrogen (secondary N) is 2. The van der Waals surface area contributed by atoms with Crippen molar-refractivity contribution in [2.75, 3.05) is 7.11 Å². The topological polar surface area (TPSA) is 101 Å². The molecule has 0 radical (unpaired) electrons. The first-order valence-electron chi connectivity index (χ1n) is 10.9. The minimum absolute atomic E-state index is 0.352. The number of methoxy groups -OCH3 is 1. The molecule has 5 rings (SSSR count). The highest BCUT2D eigenvalue weighted by Crippen LogP contribution is 2.38. The zero-order valence-electron chi connectivity index (χ0n) is 18.1. The predicted octanol–water partition coefficient (Wildman–Crippen LogP) is 4.17. The third-order valence-electron chi connectivity index (χ3n) is 6.32. The minimum atomic E-state index is -3.53. The number of pyridine rings is 1. The second kappa shape index (κ2) is 8.30. The number of hydrogen-bond acceptors (Lipinski definition) is 5. The number of carbonyl (C=O) groups is 1. The summed E-state index contributed by atoms with van der Waals surface area (Å²) < 4.78 is 45.7. The van der Waals surface area contributed by atoms with Crippen LogP contribution in [0.5, 0.6) is 5.75 Å². The number of allylic oxidation sites excluding steroid dienone is 2. The molecule has 7 nitrogen and oxygen atoms in total. The summed E-state index contributed by atoms with van der Waals surface area (Å²) in [6.45, 7) is 0. The van der Waals surface area contributed by atoms with E-state index >= 15 is 0 Å². The van der Waals surface area contributed by atoms with E-state index in [-0.39, 0.29) is 11.7 Å². The normalized spacial score (nSPS) is 18.7. The molecule has 0 spiro atoms. The maximum atomic E-state index is 14.0. The van der Waals surface area contributed by atoms with Crippen molar-refractivity contribution in [1.29, 1.82) is 0 Å². The quantitative estimate of drug-likeness (QED) is 0.564. The highest BCUT2D eigenvalue weighted by molar-refractivity contribution is 7.90. The number of amides is 1. The van der Waals surface area contributed by atoms with Crippen molar-refractivity contribution in [3.05, 3.63) is 54.1 Å². The lowest BCUT2D eigenvalue weighted by molar-refractivity contribution is -0.123. The molecule has 2 aliphatic rings. The van der Waals surface area contributed by atoms with Crippen LogP contribution in [0.4, 0.5) is 4.39 Å². The molecule has 0 saturated heterocycles. The second-order valence-corrected chi connectivity index (χ2v) is 10.5. The lowest BCUT2D eigenvalue weighted by Crippen LogP contribution is -2.38. The van der Waals surface area contributed by atoms with E-state index in [1.807, 2.05) is 18.2 Å². The number of aromatic amines is 1. The summed E-state index contributed by atoms with van der Waals surface area (Å²) >= 11 is 0. The second-order valence-electron chi connectivity index (χ2n) is 8.56. The van der Waals surface area contributed by atoms with Crippen LogP contribution in [0.1, 0.15) is 37.8 Å². The Bertz CT molecular complexity index is 1380. The van der Waals surface area contributed by atoms with Gasteiger partial charge < -0.3 is 9.72 Å². The van der Waals surface area contributed by atoms with Crippen LogP contribution in [0.2, 0.25) is 0 Å². The summed E-state index contributed by atoms with van der Waals surface area (Å²) in [4.78, 5) is 20.2. The van der Waals surface area contributed by atoms with Gasteiger partial charge in [-0.2, -0.15) is 0 Å². The van der Waals surface area contributed by atoms with Crippen molar-refractivity contribution < 1.29 is 22.3 Å². The van der Waals surface area contributed by atoms with Gasteiger partial charge in [-0.15, -0.1) is 0 Å². The number of halogens is 1. The van der Waals surface area contributed by atoms with E-state index < -0.39 is 21.2 Å². The van der Waals surface area contributed by atoms with Crippen LogP contribution in [-0.4, -0.2) is 36.7 Å². The van der Waals surface area contributed by atoms with Crippen molar-refractivity contribution in [1.82, 2.24) is 14.7 Å². The lowest BCUT2D eigenvalue weighted by atomic mass is 9.88. The molecule has 1 unspecified atom stereocenters. The van der Waals surface area contributed by atoms with Crippen LogP contribution < -0.4 is 9.46 Å². The Kier molecular flexibility index (Phi) is 5.44. The van der Waals surface area contributed by atoms with Crippen molar-refractivity contribution in [3.63, 3.8) is 0 Å². The molecule has 1 atom stereocenters. The van der Waals surface area contributed by atoms with Crippen LogP contribution in [0.25, 0.3) is 27.7 Å². The van der Waals surface area contributed by atoms with E-state index in [9.17, 15) is 17.6 Å². The number of carbonyl (C=O) groups excluding carboxylic acids is 1. The summed E-state index contributed by atoms with van der Waals surface area (Å²) in [5.41, 5.74) is 4.04. The zero-order valence-corrected chi connectivity index (χ0v) is 18.9. The Morgan fingerprint density at radius 2 is 2.00 bits per heavy atom. The molecule has 33 heavy (non-hydrogen) atoms. The summed E-state index contributed by atoms with van der Waals surface area (Å²) in [7, 11) is -1.98. The Balaban J connectivity index is 1.40. The van der Waals surface area contributed by atoms with Gasteiger partial charge in [0.05, 0.1) is 12.4 Å². The first kappa shape index (κ1) is 21.6. The van der Waals surface area contributed by atoms with Crippen LogP contribution in [0.15, 0.2) is 42.6 Å². The third-order valence-corrected chi connectivity index (χ3v) is 8.15. The monoisotopic (exact) mass is 469 g/mol. The number of nitrogens with zero attached hydrogens (tertiary/aromatic N) is 1. The number of rotatable bonds is 6. The molecule has 1 saturated carbocycles. The van der Waals surface area contributed by atoms with Gasteiger partial charge in [0.25, 0.3) is 0 Å². The largest absolute Gasteiger partial charge is 0.496 e. The smallest absolute Gasteiger partial charge is 0.237 e. The molecule has 3 aromatic rings. The molecule has 0 aliphatic heterocycles. The van der Waals surface area contributed by atoms with E-state index in [4.69, 9.17) is 4.74 Å². The number of benzene rings is 1. The number of aromatic nitrogens is 2. The van der Waals surface area contributed by atoms with Crippen LogP contribution in [-0.2, 0) is 14.8 Å². The van der Waals surface area contributed by atoms with E-state index in [2.05, 4.69) is 14.7 Å². The number of hydrogen-bond donors (Lipinski definition) is 2. The fourth-order valence-corrected chi connectivity index (χ4v) is 5.70. The lowest BCUT2D eigenvalue weighted by Gasteiger charge is -2.20. The Morgan fingerprint density at radius 3 is 2.70 bits per heavy atom. The SMILES string of the molecule is COc1ccc(F)cc1-c1ccnc2[nH]c(C3=CCC(C(=O)NS(=O)(=O)C4CC4)CC3)cc12. The van der Waals surface area contributed by atoms with Crippen molar-refractivity contribution in [2.24, 2.45) is 5.92 Å². The molecule has 9 heteroatoms. The molecule has 0 bridgehead atoms. The third kappa shape index (κ3) is 4.25. The first-order valence-corrected chi connectivity index (χ1v) is 12.5. The Morgan fingerprint density at radius 1 is 1.18 bits per heavy atom. The highest BCUT2D eigenvalue weighted by Gasteiger charge is 2.38. The van der Waals surface area contributed by atoms with E-state index in [0.717, 1.165) is 22.2 Å². The standard InChI is InChI=1S/C24H24FN3O4S/c1-32-22-9-6-16(25)12-19(22)18-10-11-26-23-20(18)13-21(27-23)14-2-4-15(5-3-14)24(29)28-33(30,31)17-7-8-17/h2,6,9-13,15,17H,3-5,7-8H2,1H3,(H,26,27)(H,28,29). The fraction of sp³-hybridized carbons (Fsp3) is 0.333. The van der Waals surface area contributed by atoms with Gasteiger partial charge in [0.2, 0.25) is 15.9 Å². The highest BCUT2D eigenvalue weighted by atomic mass is 32.2. The molecule has 2 aromatic heterocycles. The van der Waals surface area contributed by atoms with Gasteiger partial charge >= 0.3 is 0 Å². The van der Waals surface area contributed by atoms with Crippen molar-refractivity contribution in [3.8, 4) is 16.9 Å². The molecule has 1 fully saturated rings. The maximum absolute atomic E-state index is 14.0. The summed E-state index contributed by atoms with van der Waals surface area (Å²) in [5, 5.41) is 0.425. The summed E-state index contributed by atoms with van der Waals surface area (Å²) in [6.07, 6.45) is 6.54. The molecular weight excluding hydrogens is 445 g/mol. The molecule has 1 amide bonds. The Hall–Kier alpha value is -3.20. The van der Waals surface area contributed by atoms with Gasteiger partial charge in [0.1, 0.15) is 17.2 Å². The molecule has 2 N–H and O–H groups in total. The number of fused-ring (bicyclic) bond motifs is 1. The van der Waals surface area contributed by atoms with Gasteiger partial charge in [0, 0.05) is 28.8 Å². The van der Waals surface area contributed by atoms with E-state index in [1.54, 1.807) is 19.4 Å². The molecule has 2 aliphatic carbocycles. The van der Waals surface area contributed by atoms with Crippen LogP contribution in [0, 0.1) is 11.7 Å².